The molecule has 1 aliphatic carbocycles. The van der Waals surface area contributed by atoms with Gasteiger partial charge in [0.15, 0.2) is 0 Å². The third-order valence-electron chi connectivity index (χ3n) is 5.61. The van der Waals surface area contributed by atoms with Crippen LogP contribution in [0.4, 0.5) is 0 Å². The topological polar surface area (TPSA) is 82.5 Å². The summed E-state index contributed by atoms with van der Waals surface area (Å²) in [6.07, 6.45) is 2.73. The molecule has 3 heterocycles. The van der Waals surface area contributed by atoms with Crippen molar-refractivity contribution in [1.29, 1.82) is 0 Å². The van der Waals surface area contributed by atoms with E-state index >= 15 is 0 Å². The summed E-state index contributed by atoms with van der Waals surface area (Å²) >= 11 is 1.60. The normalized spacial score (nSPS) is 27.2. The second kappa shape index (κ2) is 7.78. The summed E-state index contributed by atoms with van der Waals surface area (Å²) in [5.41, 5.74) is 0.353. The monoisotopic (exact) mass is 385 g/mol. The van der Waals surface area contributed by atoms with Crippen molar-refractivity contribution in [2.45, 2.75) is 31.4 Å². The van der Waals surface area contributed by atoms with Gasteiger partial charge in [-0.15, -0.1) is 11.3 Å². The van der Waals surface area contributed by atoms with Gasteiger partial charge in [-0.25, -0.2) is 0 Å². The number of carbonyl (C=O) groups is 2. The van der Waals surface area contributed by atoms with Crippen molar-refractivity contribution < 1.29 is 14.7 Å². The standard InChI is InChI=1S/C20H23N3O3S/c24-18-9-14-12-23(19(25)10-15-4-3-7-27-15)11-13(14)8-17(18)22-20(26)16-5-1-2-6-21-16/h1-7,13-14,17-18,24H,8-12H2,(H,22,26)/t13-,14+,17-,18-/m0/s1. The van der Waals surface area contributed by atoms with Crippen LogP contribution in [-0.4, -0.2) is 52.0 Å². The minimum absolute atomic E-state index is 0.149. The molecule has 0 bridgehead atoms. The largest absolute Gasteiger partial charge is 0.391 e. The zero-order valence-corrected chi connectivity index (χ0v) is 15.8. The molecule has 0 spiro atoms. The smallest absolute Gasteiger partial charge is 0.270 e. The first-order valence-electron chi connectivity index (χ1n) is 9.30. The molecule has 4 atom stereocenters. The molecule has 2 aliphatic rings. The van der Waals surface area contributed by atoms with Crippen LogP contribution in [0.15, 0.2) is 41.9 Å². The fourth-order valence-electron chi connectivity index (χ4n) is 4.20. The van der Waals surface area contributed by atoms with Gasteiger partial charge >= 0.3 is 0 Å². The third-order valence-corrected chi connectivity index (χ3v) is 6.49. The van der Waals surface area contributed by atoms with Crippen LogP contribution in [0, 0.1) is 11.8 Å². The molecule has 2 aromatic heterocycles. The molecular weight excluding hydrogens is 362 g/mol. The molecule has 0 radical (unpaired) electrons. The van der Waals surface area contributed by atoms with Crippen LogP contribution in [-0.2, 0) is 11.2 Å². The maximum Gasteiger partial charge on any atom is 0.270 e. The van der Waals surface area contributed by atoms with Crippen molar-refractivity contribution in [3.05, 3.63) is 52.5 Å². The average molecular weight is 385 g/mol. The van der Waals surface area contributed by atoms with Crippen LogP contribution < -0.4 is 5.32 Å². The van der Waals surface area contributed by atoms with Gasteiger partial charge in [0.1, 0.15) is 5.69 Å². The van der Waals surface area contributed by atoms with Gasteiger partial charge in [0.05, 0.1) is 18.6 Å². The summed E-state index contributed by atoms with van der Waals surface area (Å²) in [6, 6.07) is 8.84. The zero-order chi connectivity index (χ0) is 18.8. The number of likely N-dealkylation sites (tertiary alicyclic amines) is 1. The van der Waals surface area contributed by atoms with E-state index in [0.29, 0.717) is 49.9 Å². The molecule has 2 N–H and O–H groups in total. The first-order chi connectivity index (χ1) is 13.1. The lowest BCUT2D eigenvalue weighted by molar-refractivity contribution is -0.129. The molecule has 4 rings (SSSR count). The second-order valence-corrected chi connectivity index (χ2v) is 8.44. The zero-order valence-electron chi connectivity index (χ0n) is 15.0. The number of pyridine rings is 1. The number of rotatable bonds is 4. The van der Waals surface area contributed by atoms with E-state index in [4.69, 9.17) is 0 Å². The molecule has 6 nitrogen and oxygen atoms in total. The molecule has 2 amide bonds. The second-order valence-electron chi connectivity index (χ2n) is 7.41. The summed E-state index contributed by atoms with van der Waals surface area (Å²) in [5, 5.41) is 15.4. The van der Waals surface area contributed by atoms with Crippen molar-refractivity contribution in [1.82, 2.24) is 15.2 Å². The number of hydrogen-bond donors (Lipinski definition) is 2. The molecule has 1 saturated heterocycles. The molecule has 2 aromatic rings. The molecule has 1 saturated carbocycles. The number of aliphatic hydroxyl groups is 1. The van der Waals surface area contributed by atoms with E-state index in [-0.39, 0.29) is 17.9 Å². The molecular formula is C20H23N3O3S. The Kier molecular flexibility index (Phi) is 5.22. The first kappa shape index (κ1) is 18.1. The fourth-order valence-corrected chi connectivity index (χ4v) is 4.90. The van der Waals surface area contributed by atoms with Crippen molar-refractivity contribution in [3.8, 4) is 0 Å². The Morgan fingerprint density at radius 1 is 1.19 bits per heavy atom. The Labute approximate surface area is 162 Å². The Balaban J connectivity index is 1.36. The minimum atomic E-state index is -0.591. The molecule has 0 aromatic carbocycles. The maximum absolute atomic E-state index is 12.6. The van der Waals surface area contributed by atoms with Crippen molar-refractivity contribution in [2.24, 2.45) is 11.8 Å². The lowest BCUT2D eigenvalue weighted by Gasteiger charge is -2.35. The van der Waals surface area contributed by atoms with E-state index < -0.39 is 6.10 Å². The summed E-state index contributed by atoms with van der Waals surface area (Å²) in [5.74, 6) is 0.502. The van der Waals surface area contributed by atoms with E-state index in [1.807, 2.05) is 22.4 Å². The van der Waals surface area contributed by atoms with Crippen molar-refractivity contribution >= 4 is 23.2 Å². The first-order valence-corrected chi connectivity index (χ1v) is 10.2. The number of aliphatic hydroxyl groups excluding tert-OH is 1. The summed E-state index contributed by atoms with van der Waals surface area (Å²) in [4.78, 5) is 32.0. The van der Waals surface area contributed by atoms with Crippen LogP contribution in [0.1, 0.15) is 28.2 Å². The maximum atomic E-state index is 12.6. The number of hydrogen-bond acceptors (Lipinski definition) is 5. The molecule has 1 aliphatic heterocycles. The van der Waals surface area contributed by atoms with Crippen molar-refractivity contribution in [2.75, 3.05) is 13.1 Å². The highest BCUT2D eigenvalue weighted by molar-refractivity contribution is 7.10. The van der Waals surface area contributed by atoms with Gasteiger partial charge in [0.25, 0.3) is 5.91 Å². The summed E-state index contributed by atoms with van der Waals surface area (Å²) in [7, 11) is 0. The number of fused-ring (bicyclic) bond motifs is 1. The average Bonchev–Trinajstić information content (AvgIpc) is 3.32. The van der Waals surface area contributed by atoms with Gasteiger partial charge in [-0.3, -0.25) is 14.6 Å². The Hall–Kier alpha value is -2.25. The summed E-state index contributed by atoms with van der Waals surface area (Å²) in [6.45, 7) is 1.41. The number of aromatic nitrogens is 1. The molecule has 7 heteroatoms. The van der Waals surface area contributed by atoms with E-state index in [2.05, 4.69) is 10.3 Å². The highest BCUT2D eigenvalue weighted by Crippen LogP contribution is 2.37. The van der Waals surface area contributed by atoms with E-state index in [1.165, 1.54) is 0 Å². The molecule has 2 fully saturated rings. The lowest BCUT2D eigenvalue weighted by atomic mass is 9.77. The number of nitrogens with zero attached hydrogens (tertiary/aromatic N) is 2. The summed E-state index contributed by atoms with van der Waals surface area (Å²) < 4.78 is 0. The Morgan fingerprint density at radius 3 is 2.70 bits per heavy atom. The quantitative estimate of drug-likeness (QED) is 0.840. The molecule has 142 valence electrons. The highest BCUT2D eigenvalue weighted by atomic mass is 32.1. The highest BCUT2D eigenvalue weighted by Gasteiger charge is 2.43. The van der Waals surface area contributed by atoms with Crippen LogP contribution >= 0.6 is 11.3 Å². The predicted octanol–water partition coefficient (Wildman–Crippen LogP) is 1.71. The van der Waals surface area contributed by atoms with Gasteiger partial charge in [-0.2, -0.15) is 0 Å². The van der Waals surface area contributed by atoms with Gasteiger partial charge in [-0.05, 0) is 48.3 Å². The Bertz CT molecular complexity index is 796. The predicted molar refractivity (Wildman–Crippen MR) is 102 cm³/mol. The van der Waals surface area contributed by atoms with Gasteiger partial charge < -0.3 is 15.3 Å². The number of nitrogens with one attached hydrogen (secondary N) is 1. The number of amides is 2. The van der Waals surface area contributed by atoms with Crippen LogP contribution in [0.5, 0.6) is 0 Å². The van der Waals surface area contributed by atoms with Crippen molar-refractivity contribution in [3.63, 3.8) is 0 Å². The van der Waals surface area contributed by atoms with E-state index in [9.17, 15) is 14.7 Å². The van der Waals surface area contributed by atoms with E-state index in [0.717, 1.165) is 4.88 Å². The van der Waals surface area contributed by atoms with Gasteiger partial charge in [0, 0.05) is 24.2 Å². The lowest BCUT2D eigenvalue weighted by Crippen LogP contribution is -2.49. The third kappa shape index (κ3) is 4.04. The van der Waals surface area contributed by atoms with Gasteiger partial charge in [-0.1, -0.05) is 12.1 Å². The number of carbonyl (C=O) groups excluding carboxylic acids is 2. The molecule has 27 heavy (non-hydrogen) atoms. The Morgan fingerprint density at radius 2 is 2.00 bits per heavy atom. The van der Waals surface area contributed by atoms with Crippen LogP contribution in [0.2, 0.25) is 0 Å². The van der Waals surface area contributed by atoms with Crippen LogP contribution in [0.3, 0.4) is 0 Å². The number of thiophene rings is 1. The fraction of sp³-hybridized carbons (Fsp3) is 0.450. The molecule has 0 unspecified atom stereocenters. The van der Waals surface area contributed by atoms with E-state index in [1.54, 1.807) is 35.7 Å². The SMILES string of the molecule is O=C(N[C@H]1C[C@H]2CN(C(=O)Cc3cccs3)C[C@H]2C[C@@H]1O)c1ccccn1. The van der Waals surface area contributed by atoms with Crippen LogP contribution in [0.25, 0.3) is 0 Å². The van der Waals surface area contributed by atoms with Gasteiger partial charge in [0.2, 0.25) is 5.91 Å². The minimum Gasteiger partial charge on any atom is -0.391 e.